The van der Waals surface area contributed by atoms with Gasteiger partial charge in [0.15, 0.2) is 0 Å². The summed E-state index contributed by atoms with van der Waals surface area (Å²) in [5, 5.41) is 5.68. The number of anilines is 1. The molecular weight excluding hydrogens is 300 g/mol. The molecule has 8 heteroatoms. The molecule has 2 aromatic rings. The van der Waals surface area contributed by atoms with Gasteiger partial charge in [-0.1, -0.05) is 18.2 Å². The Morgan fingerprint density at radius 1 is 1.30 bits per heavy atom. The van der Waals surface area contributed by atoms with Crippen LogP contribution in [0.5, 0.6) is 0 Å². The lowest BCUT2D eigenvalue weighted by molar-refractivity contribution is -0.119. The minimum atomic E-state index is -0.812. The van der Waals surface area contributed by atoms with Gasteiger partial charge in [-0.2, -0.15) is 0 Å². The van der Waals surface area contributed by atoms with E-state index in [-0.39, 0.29) is 6.61 Å². The molecule has 1 unspecified atom stereocenters. The summed E-state index contributed by atoms with van der Waals surface area (Å²) in [6.07, 6.45) is 0.930. The van der Waals surface area contributed by atoms with E-state index in [0.717, 1.165) is 0 Å². The number of nitrogens with one attached hydrogen (secondary N) is 2. The Morgan fingerprint density at radius 2 is 2.00 bits per heavy atom. The summed E-state index contributed by atoms with van der Waals surface area (Å²) >= 11 is 0. The molecule has 1 heterocycles. The maximum atomic E-state index is 12.0. The molecule has 0 saturated heterocycles. The number of benzene rings is 1. The summed E-state index contributed by atoms with van der Waals surface area (Å²) < 4.78 is 6.30. The van der Waals surface area contributed by atoms with E-state index in [9.17, 15) is 14.4 Å². The minimum Gasteiger partial charge on any atom is -0.449 e. The molecular formula is C15H18N4O4. The van der Waals surface area contributed by atoms with E-state index >= 15 is 0 Å². The summed E-state index contributed by atoms with van der Waals surface area (Å²) in [6.45, 7) is 3.43. The average Bonchev–Trinajstić information content (AvgIpc) is 2.86. The average molecular weight is 318 g/mol. The highest BCUT2D eigenvalue weighted by atomic mass is 16.5. The number of fused-ring (bicyclic) bond motifs is 1. The van der Waals surface area contributed by atoms with Gasteiger partial charge in [0, 0.05) is 11.6 Å². The Labute approximate surface area is 132 Å². The molecule has 3 amide bonds. The first kappa shape index (κ1) is 16.3. The Morgan fingerprint density at radius 3 is 2.65 bits per heavy atom. The fourth-order valence-corrected chi connectivity index (χ4v) is 2.05. The van der Waals surface area contributed by atoms with Gasteiger partial charge in [0.2, 0.25) is 5.91 Å². The van der Waals surface area contributed by atoms with Crippen molar-refractivity contribution in [1.29, 1.82) is 0 Å². The van der Waals surface area contributed by atoms with Gasteiger partial charge >= 0.3 is 12.1 Å². The number of carbonyl (C=O) groups excluding carboxylic acids is 3. The third kappa shape index (κ3) is 3.60. The van der Waals surface area contributed by atoms with E-state index in [2.05, 4.69) is 10.6 Å². The number of hydrogen-bond donors (Lipinski definition) is 3. The number of carbonyl (C=O) groups is 3. The molecule has 122 valence electrons. The Balaban J connectivity index is 2.29. The highest BCUT2D eigenvalue weighted by molar-refractivity contribution is 6.04. The van der Waals surface area contributed by atoms with Crippen LogP contribution in [0.3, 0.4) is 0 Å². The second-order valence-corrected chi connectivity index (χ2v) is 4.85. The van der Waals surface area contributed by atoms with E-state index in [0.29, 0.717) is 16.6 Å². The normalized spacial score (nSPS) is 11.7. The number of amides is 3. The molecule has 0 aliphatic heterocycles. The molecule has 0 saturated carbocycles. The van der Waals surface area contributed by atoms with Crippen LogP contribution in [0.4, 0.5) is 15.3 Å². The van der Waals surface area contributed by atoms with Crippen LogP contribution in [0.2, 0.25) is 0 Å². The molecule has 23 heavy (non-hydrogen) atoms. The zero-order chi connectivity index (χ0) is 17.0. The lowest BCUT2D eigenvalue weighted by Crippen LogP contribution is -2.44. The van der Waals surface area contributed by atoms with Gasteiger partial charge in [-0.3, -0.25) is 9.36 Å². The predicted octanol–water partition coefficient (Wildman–Crippen LogP) is 1.64. The van der Waals surface area contributed by atoms with Crippen LogP contribution in [0.15, 0.2) is 30.5 Å². The van der Waals surface area contributed by atoms with Crippen LogP contribution in [0.25, 0.3) is 10.9 Å². The molecule has 0 radical (unpaired) electrons. The quantitative estimate of drug-likeness (QED) is 0.794. The Hall–Kier alpha value is -3.03. The van der Waals surface area contributed by atoms with Crippen molar-refractivity contribution in [3.8, 4) is 0 Å². The minimum absolute atomic E-state index is 0.241. The van der Waals surface area contributed by atoms with E-state index < -0.39 is 24.1 Å². The molecule has 0 aliphatic rings. The zero-order valence-corrected chi connectivity index (χ0v) is 12.8. The van der Waals surface area contributed by atoms with Gasteiger partial charge in [-0.15, -0.1) is 0 Å². The number of primary amides is 1. The second kappa shape index (κ2) is 6.82. The van der Waals surface area contributed by atoms with Gasteiger partial charge in [-0.25, -0.2) is 9.59 Å². The number of ether oxygens (including phenoxy) is 1. The van der Waals surface area contributed by atoms with Gasteiger partial charge in [-0.05, 0) is 19.9 Å². The van der Waals surface area contributed by atoms with E-state index in [1.807, 2.05) is 0 Å². The van der Waals surface area contributed by atoms with Crippen molar-refractivity contribution < 1.29 is 19.1 Å². The molecule has 1 aromatic heterocycles. The highest BCUT2D eigenvalue weighted by Gasteiger charge is 2.17. The van der Waals surface area contributed by atoms with Crippen molar-refractivity contribution in [3.05, 3.63) is 30.5 Å². The molecule has 2 rings (SSSR count). The summed E-state index contributed by atoms with van der Waals surface area (Å²) in [5.74, 6) is -0.644. The second-order valence-electron chi connectivity index (χ2n) is 4.85. The molecule has 4 N–H and O–H groups in total. The standard InChI is InChI=1S/C15H18N4O4/c1-3-23-15(22)19-8-11(10-6-4-5-7-12(10)19)18-14(21)17-9(2)13(16)20/h4-9H,3H2,1-2H3,(H2,16,20)(H2,17,18,21). The maximum absolute atomic E-state index is 12.0. The van der Waals surface area contributed by atoms with Crippen molar-refractivity contribution in [2.75, 3.05) is 11.9 Å². The van der Waals surface area contributed by atoms with Crippen LogP contribution in [-0.4, -0.2) is 35.2 Å². The third-order valence-electron chi connectivity index (χ3n) is 3.20. The number of hydrogen-bond acceptors (Lipinski definition) is 4. The molecule has 8 nitrogen and oxygen atoms in total. The van der Waals surface area contributed by atoms with Crippen molar-refractivity contribution in [1.82, 2.24) is 9.88 Å². The maximum Gasteiger partial charge on any atom is 0.418 e. The molecule has 0 aliphatic carbocycles. The number of rotatable bonds is 4. The largest absolute Gasteiger partial charge is 0.449 e. The van der Waals surface area contributed by atoms with Gasteiger partial charge in [0.05, 0.1) is 17.8 Å². The number of nitrogens with zero attached hydrogens (tertiary/aromatic N) is 1. The number of para-hydroxylation sites is 1. The summed E-state index contributed by atoms with van der Waals surface area (Å²) in [6, 6.07) is 5.65. The predicted molar refractivity (Wildman–Crippen MR) is 85.2 cm³/mol. The fraction of sp³-hybridized carbons (Fsp3) is 0.267. The lowest BCUT2D eigenvalue weighted by atomic mass is 10.2. The molecule has 0 bridgehead atoms. The molecule has 1 atom stereocenters. The first-order valence-corrected chi connectivity index (χ1v) is 7.08. The van der Waals surface area contributed by atoms with Crippen LogP contribution >= 0.6 is 0 Å². The monoisotopic (exact) mass is 318 g/mol. The van der Waals surface area contributed by atoms with E-state index in [1.54, 1.807) is 31.2 Å². The van der Waals surface area contributed by atoms with Crippen LogP contribution in [-0.2, 0) is 9.53 Å². The fourth-order valence-electron chi connectivity index (χ4n) is 2.05. The third-order valence-corrected chi connectivity index (χ3v) is 3.20. The Bertz CT molecular complexity index is 753. The first-order valence-electron chi connectivity index (χ1n) is 7.08. The van der Waals surface area contributed by atoms with Crippen LogP contribution < -0.4 is 16.4 Å². The van der Waals surface area contributed by atoms with Crippen molar-refractivity contribution in [2.45, 2.75) is 19.9 Å². The van der Waals surface area contributed by atoms with Crippen molar-refractivity contribution in [2.24, 2.45) is 5.73 Å². The topological polar surface area (TPSA) is 115 Å². The number of aromatic nitrogens is 1. The smallest absolute Gasteiger partial charge is 0.418 e. The number of urea groups is 1. The Kier molecular flexibility index (Phi) is 4.85. The molecule has 0 spiro atoms. The van der Waals surface area contributed by atoms with Gasteiger partial charge in [0.25, 0.3) is 0 Å². The summed E-state index contributed by atoms with van der Waals surface area (Å²) in [7, 11) is 0. The van der Waals surface area contributed by atoms with Crippen LogP contribution in [0, 0.1) is 0 Å². The molecule has 0 fully saturated rings. The van der Waals surface area contributed by atoms with Crippen molar-refractivity contribution in [3.63, 3.8) is 0 Å². The van der Waals surface area contributed by atoms with Gasteiger partial charge < -0.3 is 21.1 Å². The van der Waals surface area contributed by atoms with E-state index in [1.165, 1.54) is 17.7 Å². The first-order chi connectivity index (χ1) is 10.9. The number of nitrogens with two attached hydrogens (primary N) is 1. The van der Waals surface area contributed by atoms with Crippen molar-refractivity contribution >= 4 is 34.6 Å². The SMILES string of the molecule is CCOC(=O)n1cc(NC(=O)NC(C)C(N)=O)c2ccccc21. The summed E-state index contributed by atoms with van der Waals surface area (Å²) in [4.78, 5) is 34.9. The van der Waals surface area contributed by atoms with Crippen LogP contribution in [0.1, 0.15) is 13.8 Å². The van der Waals surface area contributed by atoms with Gasteiger partial charge in [0.1, 0.15) is 6.04 Å². The zero-order valence-electron chi connectivity index (χ0n) is 12.8. The lowest BCUT2D eigenvalue weighted by Gasteiger charge is -2.10. The molecule has 1 aromatic carbocycles. The van der Waals surface area contributed by atoms with E-state index in [4.69, 9.17) is 10.5 Å². The highest BCUT2D eigenvalue weighted by Crippen LogP contribution is 2.26. The summed E-state index contributed by atoms with van der Waals surface area (Å²) in [5.41, 5.74) is 6.12.